The van der Waals surface area contributed by atoms with Crippen molar-refractivity contribution in [1.29, 1.82) is 0 Å². The predicted octanol–water partition coefficient (Wildman–Crippen LogP) is 8.33. The number of rotatable bonds is 10. The highest BCUT2D eigenvalue weighted by molar-refractivity contribution is 7.90. The fraction of sp³-hybridized carbons (Fsp3) is 0.103. The van der Waals surface area contributed by atoms with Gasteiger partial charge in [-0.05, 0) is 77.9 Å². The number of benzene rings is 2. The molecule has 0 aliphatic rings. The number of sulfone groups is 1. The maximum Gasteiger partial charge on any atom is 0.435 e. The largest absolute Gasteiger partial charge is 0.464 e. The smallest absolute Gasteiger partial charge is 0.435 e. The van der Waals surface area contributed by atoms with Gasteiger partial charge in [0.1, 0.15) is 23.0 Å². The molecule has 0 fully saturated rings. The highest BCUT2D eigenvalue weighted by Crippen LogP contribution is 2.32. The van der Waals surface area contributed by atoms with Crippen molar-refractivity contribution in [3.8, 4) is 28.1 Å². The summed E-state index contributed by atoms with van der Waals surface area (Å²) >= 11 is 11.5. The lowest BCUT2D eigenvalue weighted by atomic mass is 10.1. The van der Waals surface area contributed by atoms with Crippen LogP contribution in [0.3, 0.4) is 0 Å². The molecule has 2 aromatic carbocycles. The number of pyridine rings is 2. The highest BCUT2D eigenvalue weighted by Gasteiger charge is 2.34. The van der Waals surface area contributed by atoms with Gasteiger partial charge in [0.15, 0.2) is 26.4 Å². The van der Waals surface area contributed by atoms with Crippen LogP contribution in [0.5, 0.6) is 0 Å². The summed E-state index contributed by atoms with van der Waals surface area (Å²) in [5.74, 6) is -2.66. The number of ether oxygens (including phenoxy) is 2. The summed E-state index contributed by atoms with van der Waals surface area (Å²) in [6.07, 6.45) is 2.74. The van der Waals surface area contributed by atoms with Crippen LogP contribution in [0.2, 0.25) is 10.0 Å². The highest BCUT2D eigenvalue weighted by atomic mass is 35.5. The quantitative estimate of drug-likeness (QED) is 0.0751. The minimum atomic E-state index is -4.67. The van der Waals surface area contributed by atoms with Gasteiger partial charge >= 0.3 is 18.1 Å². The molecule has 5 aromatic heterocycles. The van der Waals surface area contributed by atoms with Crippen molar-refractivity contribution in [3.05, 3.63) is 136 Å². The number of hydrogen-bond donors (Lipinski definition) is 2. The number of carbonyl (C=O) groups is 2. The zero-order valence-corrected chi connectivity index (χ0v) is 34.6. The van der Waals surface area contributed by atoms with Crippen molar-refractivity contribution in [2.75, 3.05) is 31.1 Å². The number of carbonyl (C=O) groups excluding carboxylic acids is 2. The molecule has 0 aliphatic heterocycles. The molecule has 24 heteroatoms. The van der Waals surface area contributed by atoms with E-state index in [0.717, 1.165) is 35.3 Å². The van der Waals surface area contributed by atoms with Crippen LogP contribution >= 0.6 is 23.2 Å². The number of nitrogens with one attached hydrogen (secondary N) is 2. The zero-order chi connectivity index (χ0) is 45.6. The standard InChI is InChI=1S/C21H13ClF4N6O2.C18H14ClFN4O4S/c1-34-19(33)16-8-11(4-6-27-16)13-10-28-20(29-12-2-3-15(23)14(22)9-12)30-18(13)32-7-5-17(31-32)21(24,25)26;1-28-17(25)15-7-10(5-6-21-15)12-9-22-18(24-16(12)29(2,26)27)23-11-3-4-14(20)13(19)8-11/h2-10H,1H3,(H,28,29,30);3-9H,1-2H3,(H,22,23,24). The van der Waals surface area contributed by atoms with E-state index in [1.165, 1.54) is 87.5 Å². The minimum Gasteiger partial charge on any atom is -0.464 e. The van der Waals surface area contributed by atoms with Gasteiger partial charge in [0.25, 0.3) is 0 Å². The number of halogens is 7. The van der Waals surface area contributed by atoms with Gasteiger partial charge in [-0.3, -0.25) is 0 Å². The van der Waals surface area contributed by atoms with Crippen LogP contribution in [0.1, 0.15) is 26.7 Å². The summed E-state index contributed by atoms with van der Waals surface area (Å²) in [7, 11) is -1.36. The molecule has 16 nitrogen and oxygen atoms in total. The molecule has 0 saturated carbocycles. The Hall–Kier alpha value is -7.17. The number of aromatic nitrogens is 8. The molecule has 0 unspecified atom stereocenters. The Bertz CT molecular complexity index is 2980. The SMILES string of the molecule is COC(=O)c1cc(-c2cnc(Nc3ccc(F)c(Cl)c3)nc2-n2ccc(C(F)(F)F)n2)ccn1.COC(=O)c1cc(-c2cnc(Nc3ccc(F)c(Cl)c3)nc2S(C)(=O)=O)ccn1. The first-order chi connectivity index (χ1) is 29.8. The Labute approximate surface area is 363 Å². The Balaban J connectivity index is 0.000000213. The molecule has 7 rings (SSSR count). The van der Waals surface area contributed by atoms with Gasteiger partial charge in [0, 0.05) is 59.7 Å². The molecule has 7 aromatic rings. The maximum absolute atomic E-state index is 13.4. The predicted molar refractivity (Wildman–Crippen MR) is 218 cm³/mol. The molecular weight excluding hydrogens is 902 g/mol. The van der Waals surface area contributed by atoms with E-state index in [1.807, 2.05) is 0 Å². The van der Waals surface area contributed by atoms with Gasteiger partial charge in [-0.1, -0.05) is 23.2 Å². The van der Waals surface area contributed by atoms with Crippen LogP contribution in [0.4, 0.5) is 45.2 Å². The Kier molecular flexibility index (Phi) is 13.6. The van der Waals surface area contributed by atoms with E-state index < -0.39 is 45.3 Å². The third-order valence-corrected chi connectivity index (χ3v) is 9.85. The van der Waals surface area contributed by atoms with Crippen molar-refractivity contribution in [3.63, 3.8) is 0 Å². The van der Waals surface area contributed by atoms with Crippen molar-refractivity contribution < 1.29 is 49.4 Å². The molecule has 324 valence electrons. The summed E-state index contributed by atoms with van der Waals surface area (Å²) in [4.78, 5) is 48.1. The summed E-state index contributed by atoms with van der Waals surface area (Å²) < 4.78 is 101. The first-order valence-corrected chi connectivity index (χ1v) is 20.1. The molecular formula is C39H27Cl2F5N10O6S. The minimum absolute atomic E-state index is 0.00704. The van der Waals surface area contributed by atoms with Crippen molar-refractivity contribution in [2.45, 2.75) is 11.2 Å². The van der Waals surface area contributed by atoms with Crippen LogP contribution in [-0.2, 0) is 25.5 Å². The summed E-state index contributed by atoms with van der Waals surface area (Å²) in [6, 6.07) is 14.3. The van der Waals surface area contributed by atoms with Gasteiger partial charge < -0.3 is 20.1 Å². The molecule has 2 N–H and O–H groups in total. The normalized spacial score (nSPS) is 11.3. The fourth-order valence-electron chi connectivity index (χ4n) is 5.35. The lowest BCUT2D eigenvalue weighted by Gasteiger charge is -2.12. The number of hydrogen-bond acceptors (Lipinski definition) is 15. The number of esters is 2. The van der Waals surface area contributed by atoms with Gasteiger partial charge in [-0.15, -0.1) is 0 Å². The van der Waals surface area contributed by atoms with E-state index in [4.69, 9.17) is 23.2 Å². The second-order valence-corrected chi connectivity index (χ2v) is 15.4. The molecule has 0 aliphatic carbocycles. The molecule has 0 radical (unpaired) electrons. The van der Waals surface area contributed by atoms with Gasteiger partial charge in [-0.25, -0.2) is 56.4 Å². The van der Waals surface area contributed by atoms with Gasteiger partial charge in [0.05, 0.1) is 24.3 Å². The second-order valence-electron chi connectivity index (χ2n) is 12.6. The van der Waals surface area contributed by atoms with Crippen LogP contribution < -0.4 is 10.6 Å². The Morgan fingerprint density at radius 1 is 0.698 bits per heavy atom. The monoisotopic (exact) mass is 928 g/mol. The molecule has 0 saturated heterocycles. The van der Waals surface area contributed by atoms with Crippen LogP contribution in [0.15, 0.2) is 103 Å². The Morgan fingerprint density at radius 2 is 1.19 bits per heavy atom. The second kappa shape index (κ2) is 18.8. The topological polar surface area (TPSA) is 206 Å². The Morgan fingerprint density at radius 3 is 1.65 bits per heavy atom. The van der Waals surface area contributed by atoms with Gasteiger partial charge in [0.2, 0.25) is 11.9 Å². The van der Waals surface area contributed by atoms with Crippen LogP contribution in [0, 0.1) is 11.6 Å². The van der Waals surface area contributed by atoms with Crippen molar-refractivity contribution in [1.82, 2.24) is 39.7 Å². The molecule has 0 amide bonds. The fourth-order valence-corrected chi connectivity index (χ4v) is 6.53. The van der Waals surface area contributed by atoms with E-state index in [1.54, 1.807) is 0 Å². The first-order valence-electron chi connectivity index (χ1n) is 17.5. The summed E-state index contributed by atoms with van der Waals surface area (Å²) in [6.45, 7) is 0. The summed E-state index contributed by atoms with van der Waals surface area (Å²) in [5.41, 5.74) is 0.775. The molecule has 0 spiro atoms. The lowest BCUT2D eigenvalue weighted by Crippen LogP contribution is -2.10. The average molecular weight is 930 g/mol. The lowest BCUT2D eigenvalue weighted by molar-refractivity contribution is -0.141. The molecule has 5 heterocycles. The van der Waals surface area contributed by atoms with Gasteiger partial charge in [-0.2, -0.15) is 23.3 Å². The number of methoxy groups -OCH3 is 2. The van der Waals surface area contributed by atoms with Crippen molar-refractivity contribution >= 4 is 68.2 Å². The third-order valence-electron chi connectivity index (χ3n) is 8.25. The first kappa shape index (κ1) is 45.4. The number of alkyl halides is 3. The molecule has 0 atom stereocenters. The molecule has 0 bridgehead atoms. The van der Waals surface area contributed by atoms with E-state index in [9.17, 15) is 40.0 Å². The maximum atomic E-state index is 13.4. The van der Waals surface area contributed by atoms with E-state index >= 15 is 0 Å². The van der Waals surface area contributed by atoms with E-state index in [2.05, 4.69) is 55.1 Å². The van der Waals surface area contributed by atoms with E-state index in [-0.39, 0.29) is 55.3 Å². The zero-order valence-electron chi connectivity index (χ0n) is 32.3. The number of anilines is 4. The average Bonchev–Trinajstić information content (AvgIpc) is 3.77. The van der Waals surface area contributed by atoms with Crippen LogP contribution in [-0.4, -0.2) is 80.5 Å². The number of nitrogens with zero attached hydrogens (tertiary/aromatic N) is 8. The van der Waals surface area contributed by atoms with Crippen molar-refractivity contribution in [2.24, 2.45) is 0 Å². The van der Waals surface area contributed by atoms with E-state index in [0.29, 0.717) is 22.5 Å². The summed E-state index contributed by atoms with van der Waals surface area (Å²) in [5, 5.41) is 8.66. The molecule has 63 heavy (non-hydrogen) atoms. The van der Waals surface area contributed by atoms with Crippen LogP contribution in [0.25, 0.3) is 28.1 Å². The third kappa shape index (κ3) is 11.0.